The van der Waals surface area contributed by atoms with E-state index in [1.54, 1.807) is 19.1 Å². The Morgan fingerprint density at radius 2 is 1.94 bits per heavy atom. The number of fused-ring (bicyclic) bond motifs is 1. The molecule has 1 N–H and O–H groups in total. The van der Waals surface area contributed by atoms with E-state index in [9.17, 15) is 4.79 Å². The van der Waals surface area contributed by atoms with Crippen LogP contribution in [0.2, 0.25) is 0 Å². The number of aryl methyl sites for hydroxylation is 2. The van der Waals surface area contributed by atoms with Crippen LogP contribution in [0.3, 0.4) is 0 Å². The molecule has 2 heterocycles. The van der Waals surface area contributed by atoms with Crippen molar-refractivity contribution < 1.29 is 14.1 Å². The first-order valence-electron chi connectivity index (χ1n) is 10.2. The van der Waals surface area contributed by atoms with Crippen LogP contribution >= 0.6 is 0 Å². The molecular weight excluding hydrogens is 392 g/mol. The molecule has 0 unspecified atom stereocenters. The van der Waals surface area contributed by atoms with E-state index >= 15 is 0 Å². The van der Waals surface area contributed by atoms with Gasteiger partial charge in [-0.2, -0.15) is 4.98 Å². The lowest BCUT2D eigenvalue weighted by atomic mass is 10.1. The van der Waals surface area contributed by atoms with Gasteiger partial charge in [-0.05, 0) is 49.2 Å². The van der Waals surface area contributed by atoms with E-state index in [0.29, 0.717) is 31.1 Å². The van der Waals surface area contributed by atoms with Gasteiger partial charge >= 0.3 is 0 Å². The molecule has 160 valence electrons. The summed E-state index contributed by atoms with van der Waals surface area (Å²) in [6.07, 6.45) is 0.860. The number of H-pyrrole nitrogens is 1. The highest BCUT2D eigenvalue weighted by molar-refractivity contribution is 5.89. The van der Waals surface area contributed by atoms with E-state index in [-0.39, 0.29) is 5.91 Å². The molecule has 0 saturated carbocycles. The van der Waals surface area contributed by atoms with Crippen LogP contribution in [0.1, 0.15) is 22.5 Å². The first-order valence-corrected chi connectivity index (χ1v) is 10.2. The molecule has 7 nitrogen and oxygen atoms in total. The van der Waals surface area contributed by atoms with E-state index in [4.69, 9.17) is 9.26 Å². The SMILES string of the molecule is COc1ccc(CC(=O)N(C)CCc2noc(-c3[nH]c4ccc(C)cc4c3C)n2)cc1. The van der Waals surface area contributed by atoms with E-state index in [1.807, 2.05) is 31.2 Å². The summed E-state index contributed by atoms with van der Waals surface area (Å²) in [7, 11) is 3.41. The van der Waals surface area contributed by atoms with Crippen LogP contribution in [0, 0.1) is 13.8 Å². The van der Waals surface area contributed by atoms with Crippen LogP contribution in [0.15, 0.2) is 47.0 Å². The van der Waals surface area contributed by atoms with E-state index < -0.39 is 0 Å². The normalized spacial score (nSPS) is 11.1. The first kappa shape index (κ1) is 20.7. The molecule has 0 aliphatic rings. The van der Waals surface area contributed by atoms with Crippen LogP contribution in [0.4, 0.5) is 0 Å². The number of carbonyl (C=O) groups excluding carboxylic acids is 1. The number of benzene rings is 2. The Hall–Kier alpha value is -3.61. The summed E-state index contributed by atoms with van der Waals surface area (Å²) < 4.78 is 10.6. The zero-order valence-corrected chi connectivity index (χ0v) is 18.2. The van der Waals surface area contributed by atoms with E-state index in [0.717, 1.165) is 33.5 Å². The van der Waals surface area contributed by atoms with Gasteiger partial charge < -0.3 is 19.1 Å². The molecule has 0 aliphatic carbocycles. The number of rotatable bonds is 7. The van der Waals surface area contributed by atoms with Crippen LogP contribution in [0.5, 0.6) is 5.75 Å². The first-order chi connectivity index (χ1) is 14.9. The second-order valence-electron chi connectivity index (χ2n) is 7.78. The second kappa shape index (κ2) is 8.63. The fourth-order valence-corrected chi connectivity index (χ4v) is 3.56. The summed E-state index contributed by atoms with van der Waals surface area (Å²) in [4.78, 5) is 22.1. The Kier molecular flexibility index (Phi) is 5.75. The molecule has 0 fully saturated rings. The molecule has 0 saturated heterocycles. The van der Waals surface area contributed by atoms with Gasteiger partial charge in [-0.25, -0.2) is 0 Å². The summed E-state index contributed by atoms with van der Waals surface area (Å²) >= 11 is 0. The maximum atomic E-state index is 12.5. The zero-order chi connectivity index (χ0) is 22.0. The van der Waals surface area contributed by atoms with E-state index in [2.05, 4.69) is 40.2 Å². The lowest BCUT2D eigenvalue weighted by Crippen LogP contribution is -2.30. The van der Waals surface area contributed by atoms with Crippen LogP contribution in [-0.4, -0.2) is 46.6 Å². The maximum Gasteiger partial charge on any atom is 0.274 e. The highest BCUT2D eigenvalue weighted by Crippen LogP contribution is 2.29. The molecule has 4 aromatic rings. The van der Waals surface area contributed by atoms with Crippen LogP contribution < -0.4 is 4.74 Å². The van der Waals surface area contributed by atoms with E-state index in [1.165, 1.54) is 5.56 Å². The molecule has 2 aromatic carbocycles. The molecule has 0 atom stereocenters. The topological polar surface area (TPSA) is 84.2 Å². The molecule has 31 heavy (non-hydrogen) atoms. The van der Waals surface area contributed by atoms with Gasteiger partial charge in [-0.1, -0.05) is 28.9 Å². The molecular formula is C24H26N4O3. The van der Waals surface area contributed by atoms with Crippen molar-refractivity contribution in [2.75, 3.05) is 20.7 Å². The van der Waals surface area contributed by atoms with Gasteiger partial charge in [0.1, 0.15) is 11.4 Å². The Balaban J connectivity index is 1.38. The van der Waals surface area contributed by atoms with Crippen molar-refractivity contribution in [1.82, 2.24) is 20.0 Å². The zero-order valence-electron chi connectivity index (χ0n) is 18.2. The highest BCUT2D eigenvalue weighted by atomic mass is 16.5. The minimum absolute atomic E-state index is 0.0377. The molecule has 2 aromatic heterocycles. The Bertz CT molecular complexity index is 1210. The summed E-state index contributed by atoms with van der Waals surface area (Å²) in [6, 6.07) is 13.8. The van der Waals surface area contributed by atoms with Crippen molar-refractivity contribution in [1.29, 1.82) is 0 Å². The lowest BCUT2D eigenvalue weighted by Gasteiger charge is -2.16. The predicted molar refractivity (Wildman–Crippen MR) is 119 cm³/mol. The van der Waals surface area contributed by atoms with Crippen molar-refractivity contribution in [3.8, 4) is 17.3 Å². The third kappa shape index (κ3) is 4.45. The number of amides is 1. The maximum absolute atomic E-state index is 12.5. The molecule has 4 rings (SSSR count). The standard InChI is InChI=1S/C24H26N4O3/c1-15-5-10-20-19(13-15)16(2)23(25-20)24-26-21(27-31-24)11-12-28(3)22(29)14-17-6-8-18(30-4)9-7-17/h5-10,13,25H,11-12,14H2,1-4H3. The fourth-order valence-electron chi connectivity index (χ4n) is 3.56. The van der Waals surface area contributed by atoms with Gasteiger partial charge in [0.15, 0.2) is 5.82 Å². The molecule has 7 heteroatoms. The molecule has 1 amide bonds. The summed E-state index contributed by atoms with van der Waals surface area (Å²) in [5.74, 6) is 1.86. The molecule has 0 bridgehead atoms. The van der Waals surface area contributed by atoms with Gasteiger partial charge in [0, 0.05) is 30.9 Å². The largest absolute Gasteiger partial charge is 0.497 e. The Morgan fingerprint density at radius 3 is 2.68 bits per heavy atom. The van der Waals surface area contributed by atoms with Crippen LogP contribution in [0.25, 0.3) is 22.5 Å². The number of nitrogens with zero attached hydrogens (tertiary/aromatic N) is 3. The Morgan fingerprint density at radius 1 is 1.16 bits per heavy atom. The highest BCUT2D eigenvalue weighted by Gasteiger charge is 2.17. The second-order valence-corrected chi connectivity index (χ2v) is 7.78. The summed E-state index contributed by atoms with van der Waals surface area (Å²) in [5.41, 5.74) is 5.12. The summed E-state index contributed by atoms with van der Waals surface area (Å²) in [6.45, 7) is 4.63. The van der Waals surface area contributed by atoms with Crippen molar-refractivity contribution in [2.45, 2.75) is 26.7 Å². The average molecular weight is 418 g/mol. The molecule has 0 aliphatic heterocycles. The van der Waals surface area contributed by atoms with Crippen LogP contribution in [-0.2, 0) is 17.6 Å². The third-order valence-electron chi connectivity index (χ3n) is 5.51. The van der Waals surface area contributed by atoms with Crippen molar-refractivity contribution in [2.24, 2.45) is 0 Å². The number of carbonyl (C=O) groups is 1. The minimum Gasteiger partial charge on any atom is -0.497 e. The Labute approximate surface area is 181 Å². The van der Waals surface area contributed by atoms with Gasteiger partial charge in [0.2, 0.25) is 5.91 Å². The van der Waals surface area contributed by atoms with Gasteiger partial charge in [0.05, 0.1) is 13.5 Å². The summed E-state index contributed by atoms with van der Waals surface area (Å²) in [5, 5.41) is 5.25. The number of ether oxygens (including phenoxy) is 1. The van der Waals surface area contributed by atoms with Gasteiger partial charge in [-0.15, -0.1) is 0 Å². The number of likely N-dealkylation sites (N-methyl/N-ethyl adjacent to an activating group) is 1. The van der Waals surface area contributed by atoms with Gasteiger partial charge in [-0.3, -0.25) is 4.79 Å². The number of aromatic amines is 1. The third-order valence-corrected chi connectivity index (χ3v) is 5.51. The molecule has 0 radical (unpaired) electrons. The predicted octanol–water partition coefficient (Wildman–Crippen LogP) is 4.09. The minimum atomic E-state index is 0.0377. The number of methoxy groups -OCH3 is 1. The quantitative estimate of drug-likeness (QED) is 0.489. The average Bonchev–Trinajstić information content (AvgIpc) is 3.37. The van der Waals surface area contributed by atoms with Crippen molar-refractivity contribution >= 4 is 16.8 Å². The number of nitrogens with one attached hydrogen (secondary N) is 1. The number of aromatic nitrogens is 3. The van der Waals surface area contributed by atoms with Gasteiger partial charge in [0.25, 0.3) is 5.89 Å². The van der Waals surface area contributed by atoms with Crippen molar-refractivity contribution in [3.05, 3.63) is 65.0 Å². The smallest absolute Gasteiger partial charge is 0.274 e. The fraction of sp³-hybridized carbons (Fsp3) is 0.292. The monoisotopic (exact) mass is 418 g/mol. The lowest BCUT2D eigenvalue weighted by molar-refractivity contribution is -0.129. The number of hydrogen-bond donors (Lipinski definition) is 1. The number of hydrogen-bond acceptors (Lipinski definition) is 5. The van der Waals surface area contributed by atoms with Crippen molar-refractivity contribution in [3.63, 3.8) is 0 Å². The molecule has 0 spiro atoms.